The van der Waals surface area contributed by atoms with Crippen LogP contribution in [0.25, 0.3) is 0 Å². The van der Waals surface area contributed by atoms with Gasteiger partial charge in [0.2, 0.25) is 11.8 Å². The lowest BCUT2D eigenvalue weighted by Crippen LogP contribution is -2.74. The first-order valence-corrected chi connectivity index (χ1v) is 21.7. The molecule has 338 valence electrons. The van der Waals surface area contributed by atoms with Crippen molar-refractivity contribution < 1.29 is 46.6 Å². The molecule has 64 heavy (non-hydrogen) atoms. The summed E-state index contributed by atoms with van der Waals surface area (Å²) in [5, 5.41) is 23.0. The van der Waals surface area contributed by atoms with Crippen molar-refractivity contribution >= 4 is 35.0 Å². The van der Waals surface area contributed by atoms with Crippen molar-refractivity contribution in [3.8, 4) is 11.8 Å². The van der Waals surface area contributed by atoms with Gasteiger partial charge < -0.3 is 19.6 Å². The summed E-state index contributed by atoms with van der Waals surface area (Å²) in [5.41, 5.74) is -0.567. The zero-order chi connectivity index (χ0) is 45.7. The zero-order valence-corrected chi connectivity index (χ0v) is 36.0. The lowest BCUT2D eigenvalue weighted by Gasteiger charge is -2.66. The lowest BCUT2D eigenvalue weighted by atomic mass is 9.49. The Morgan fingerprint density at radius 2 is 1.53 bits per heavy atom. The number of ether oxygens (including phenoxy) is 1. The van der Waals surface area contributed by atoms with Crippen molar-refractivity contribution in [2.24, 2.45) is 10.8 Å². The number of anilines is 2. The highest BCUT2D eigenvalue weighted by atomic mass is 19.4. The first-order chi connectivity index (χ1) is 30.2. The van der Waals surface area contributed by atoms with E-state index in [1.807, 2.05) is 49.6 Å². The van der Waals surface area contributed by atoms with Crippen molar-refractivity contribution in [3.63, 3.8) is 0 Å². The summed E-state index contributed by atoms with van der Waals surface area (Å²) < 4.78 is 63.7. The maximum Gasteiger partial charge on any atom is 0.419 e. The average molecular weight is 887 g/mol. The van der Waals surface area contributed by atoms with Gasteiger partial charge in [-0.15, -0.1) is 0 Å². The monoisotopic (exact) mass is 886 g/mol. The molecule has 1 aromatic heterocycles. The summed E-state index contributed by atoms with van der Waals surface area (Å²) >= 11 is 0. The molecule has 4 amide bonds. The van der Waals surface area contributed by atoms with E-state index in [-0.39, 0.29) is 48.6 Å². The highest BCUT2D eigenvalue weighted by Crippen LogP contribution is 2.60. The van der Waals surface area contributed by atoms with Gasteiger partial charge in [0.1, 0.15) is 35.9 Å². The van der Waals surface area contributed by atoms with Crippen molar-refractivity contribution in [2.45, 2.75) is 96.2 Å². The van der Waals surface area contributed by atoms with Gasteiger partial charge in [0.15, 0.2) is 5.69 Å². The van der Waals surface area contributed by atoms with Gasteiger partial charge in [-0.3, -0.25) is 39.2 Å². The first kappa shape index (κ1) is 43.6. The summed E-state index contributed by atoms with van der Waals surface area (Å²) in [6.45, 7) is 12.2. The van der Waals surface area contributed by atoms with Crippen LogP contribution >= 0.6 is 0 Å². The van der Waals surface area contributed by atoms with Crippen LogP contribution in [-0.2, 0) is 22.3 Å². The number of hydrogen-bond donors (Lipinski definition) is 2. The van der Waals surface area contributed by atoms with Gasteiger partial charge in [0, 0.05) is 99.9 Å². The van der Waals surface area contributed by atoms with Crippen LogP contribution < -0.4 is 19.9 Å². The third kappa shape index (κ3) is 7.34. The summed E-state index contributed by atoms with van der Waals surface area (Å²) in [6.07, 6.45) is -4.35. The van der Waals surface area contributed by atoms with Crippen molar-refractivity contribution in [2.75, 3.05) is 55.6 Å². The number of fused-ring (bicyclic) bond motifs is 2. The molecule has 0 radical (unpaired) electrons. The number of nitriles is 1. The van der Waals surface area contributed by atoms with Crippen LogP contribution in [0.5, 0.6) is 5.75 Å². The number of piperazine rings is 1. The van der Waals surface area contributed by atoms with Gasteiger partial charge in [0.25, 0.3) is 11.8 Å². The molecule has 0 bridgehead atoms. The van der Waals surface area contributed by atoms with Crippen LogP contribution in [0.3, 0.4) is 0 Å². The normalized spacial score (nSPS) is 26.6. The standard InChI is InChI=1S/C46H50F4N8O6/c1-43(2)41(44(3,4)42(43)64-29-21-33(46(48,49)50)34(22-51)52-23-29)57-24-26-19-27(5-7-30(26)38(57)61)56-17-15-54(16-18-56)25-45(47)11-13-55(14-12-45)28-6-8-31-32(20-28)40(63)58(39(31)62)35-9-10-36(59)53-37(35)60/h5-8,19-21,23,35,38,41-42,61H,9-18,24-25H2,1-4H3,(H,53,59,60). The molecule has 2 atom stereocenters. The Labute approximate surface area is 367 Å². The van der Waals surface area contributed by atoms with Crippen molar-refractivity contribution in [1.29, 1.82) is 5.26 Å². The molecular weight excluding hydrogens is 837 g/mol. The molecule has 9 rings (SSSR count). The van der Waals surface area contributed by atoms with Gasteiger partial charge in [-0.1, -0.05) is 33.8 Å². The van der Waals surface area contributed by atoms with Crippen LogP contribution in [0, 0.1) is 22.2 Å². The van der Waals surface area contributed by atoms with Crippen LogP contribution in [-0.4, -0.2) is 118 Å². The fourth-order valence-corrected chi connectivity index (χ4v) is 11.6. The van der Waals surface area contributed by atoms with Crippen molar-refractivity contribution in [3.05, 3.63) is 82.2 Å². The lowest BCUT2D eigenvalue weighted by molar-refractivity contribution is -0.235. The number of aliphatic hydroxyl groups is 1. The second-order valence-electron chi connectivity index (χ2n) is 19.2. The maximum atomic E-state index is 16.4. The van der Waals surface area contributed by atoms with E-state index in [0.29, 0.717) is 58.0 Å². The highest BCUT2D eigenvalue weighted by molar-refractivity contribution is 6.23. The van der Waals surface area contributed by atoms with E-state index < -0.39 is 75.9 Å². The third-order valence-electron chi connectivity index (χ3n) is 14.4. The molecule has 1 aliphatic carbocycles. The van der Waals surface area contributed by atoms with E-state index in [4.69, 9.17) is 4.74 Å². The largest absolute Gasteiger partial charge is 0.488 e. The number of nitrogens with one attached hydrogen (secondary N) is 1. The number of pyridine rings is 1. The molecule has 2 aromatic carbocycles. The Bertz CT molecular complexity index is 2460. The van der Waals surface area contributed by atoms with Gasteiger partial charge in [-0.2, -0.15) is 18.4 Å². The SMILES string of the molecule is CC1(C)C(Oc2cnc(C#N)c(C(F)(F)F)c2)C(C)(C)C1N1Cc2cc(N3CCN(CC4(F)CCN(c5ccc6c(c5)C(=O)N(C5CCC(=O)NC5=O)C6=O)CC4)CC3)ccc2C1O. The molecule has 1 saturated carbocycles. The van der Waals surface area contributed by atoms with Gasteiger partial charge in [0.05, 0.1) is 22.9 Å². The van der Waals surface area contributed by atoms with E-state index in [2.05, 4.69) is 26.2 Å². The number of amides is 4. The molecule has 2 N–H and O–H groups in total. The van der Waals surface area contributed by atoms with E-state index >= 15 is 4.39 Å². The van der Waals surface area contributed by atoms with Gasteiger partial charge >= 0.3 is 6.18 Å². The summed E-state index contributed by atoms with van der Waals surface area (Å²) in [5.74, 6) is -2.32. The number of aromatic nitrogens is 1. The number of alkyl halides is 4. The summed E-state index contributed by atoms with van der Waals surface area (Å²) in [7, 11) is 0. The quantitative estimate of drug-likeness (QED) is 0.225. The van der Waals surface area contributed by atoms with Crippen molar-refractivity contribution in [1.82, 2.24) is 25.0 Å². The molecule has 4 fully saturated rings. The van der Waals surface area contributed by atoms with Crippen LogP contribution in [0.1, 0.15) is 103 Å². The number of aliphatic hydroxyl groups excluding tert-OH is 1. The molecule has 3 saturated heterocycles. The Balaban J connectivity index is 0.783. The molecule has 5 aliphatic heterocycles. The Hall–Kier alpha value is -5.64. The number of imide groups is 2. The Morgan fingerprint density at radius 3 is 2.19 bits per heavy atom. The Morgan fingerprint density at radius 1 is 0.891 bits per heavy atom. The van der Waals surface area contributed by atoms with Crippen LogP contribution in [0.15, 0.2) is 48.7 Å². The molecule has 6 heterocycles. The molecule has 14 nitrogen and oxygen atoms in total. The van der Waals surface area contributed by atoms with E-state index in [1.54, 1.807) is 18.2 Å². The number of carbonyl (C=O) groups is 4. The molecule has 0 spiro atoms. The molecular formula is C46H50F4N8O6. The smallest absolute Gasteiger partial charge is 0.419 e. The maximum absolute atomic E-state index is 16.4. The number of piperidine rings is 2. The van der Waals surface area contributed by atoms with E-state index in [1.165, 1.54) is 6.07 Å². The minimum atomic E-state index is -4.77. The zero-order valence-electron chi connectivity index (χ0n) is 36.0. The summed E-state index contributed by atoms with van der Waals surface area (Å²) in [6, 6.07) is 12.1. The fourth-order valence-electron chi connectivity index (χ4n) is 11.6. The summed E-state index contributed by atoms with van der Waals surface area (Å²) in [4.78, 5) is 63.7. The Kier molecular flexibility index (Phi) is 10.6. The van der Waals surface area contributed by atoms with Crippen LogP contribution in [0.2, 0.25) is 0 Å². The van der Waals surface area contributed by atoms with E-state index in [9.17, 15) is 42.7 Å². The minimum absolute atomic E-state index is 0.0385. The molecule has 6 aliphatic rings. The highest BCUT2D eigenvalue weighted by Gasteiger charge is 2.67. The number of halogens is 4. The third-order valence-corrected chi connectivity index (χ3v) is 14.4. The number of hydrogen-bond acceptors (Lipinski definition) is 12. The minimum Gasteiger partial charge on any atom is -0.488 e. The predicted octanol–water partition coefficient (Wildman–Crippen LogP) is 5.19. The predicted molar refractivity (Wildman–Crippen MR) is 224 cm³/mol. The second kappa shape index (κ2) is 15.5. The molecule has 18 heteroatoms. The second-order valence-corrected chi connectivity index (χ2v) is 19.2. The van der Waals surface area contributed by atoms with Gasteiger partial charge in [-0.05, 0) is 53.9 Å². The molecule has 3 aromatic rings. The number of carbonyl (C=O) groups excluding carboxylic acids is 4. The molecule has 2 unspecified atom stereocenters. The number of benzene rings is 2. The van der Waals surface area contributed by atoms with E-state index in [0.717, 1.165) is 34.0 Å². The van der Waals surface area contributed by atoms with Gasteiger partial charge in [-0.25, -0.2) is 9.37 Å². The number of nitrogens with zero attached hydrogens (tertiary/aromatic N) is 7. The average Bonchev–Trinajstić information content (AvgIpc) is 3.69. The van der Waals surface area contributed by atoms with Crippen LogP contribution in [0.4, 0.5) is 28.9 Å². The number of rotatable bonds is 8. The topological polar surface area (TPSA) is 163 Å². The fraction of sp³-hybridized carbons (Fsp3) is 0.522. The first-order valence-electron chi connectivity index (χ1n) is 21.7.